The van der Waals surface area contributed by atoms with Gasteiger partial charge in [0, 0.05) is 24.0 Å². The third-order valence-electron chi connectivity index (χ3n) is 4.56. The second-order valence-electron chi connectivity index (χ2n) is 6.43. The Balaban J connectivity index is 1.39. The van der Waals surface area contributed by atoms with E-state index >= 15 is 0 Å². The SMILES string of the molecule is O=C(NC1CCN(c2ccccc2)C1=O)c1csc(Cc2ccccc2)n1. The minimum atomic E-state index is -0.503. The van der Waals surface area contributed by atoms with Crippen molar-refractivity contribution < 1.29 is 9.59 Å². The van der Waals surface area contributed by atoms with Gasteiger partial charge >= 0.3 is 0 Å². The standard InChI is InChI=1S/C21H19N3O2S/c25-20(18-14-27-19(22-18)13-15-7-3-1-4-8-15)23-17-11-12-24(21(17)26)16-9-5-2-6-10-16/h1-10,14,17H,11-13H2,(H,23,25). The van der Waals surface area contributed by atoms with Crippen molar-refractivity contribution in [3.63, 3.8) is 0 Å². The Labute approximate surface area is 161 Å². The molecule has 1 unspecified atom stereocenters. The normalized spacial score (nSPS) is 16.5. The lowest BCUT2D eigenvalue weighted by molar-refractivity contribution is -0.118. The molecule has 2 amide bonds. The van der Waals surface area contributed by atoms with Crippen LogP contribution in [0.4, 0.5) is 5.69 Å². The smallest absolute Gasteiger partial charge is 0.271 e. The van der Waals surface area contributed by atoms with Crippen LogP contribution in [0.5, 0.6) is 0 Å². The van der Waals surface area contributed by atoms with Crippen molar-refractivity contribution in [2.24, 2.45) is 0 Å². The number of anilines is 1. The lowest BCUT2D eigenvalue weighted by atomic mass is 10.2. The summed E-state index contributed by atoms with van der Waals surface area (Å²) in [6, 6.07) is 19.0. The summed E-state index contributed by atoms with van der Waals surface area (Å²) in [4.78, 5) is 31.3. The van der Waals surface area contributed by atoms with E-state index in [1.165, 1.54) is 11.3 Å². The van der Waals surface area contributed by atoms with Gasteiger partial charge in [-0.2, -0.15) is 0 Å². The third kappa shape index (κ3) is 3.90. The number of nitrogens with zero attached hydrogens (tertiary/aromatic N) is 2. The van der Waals surface area contributed by atoms with Gasteiger partial charge in [-0.1, -0.05) is 48.5 Å². The Bertz CT molecular complexity index is 940. The van der Waals surface area contributed by atoms with Crippen LogP contribution in [0, 0.1) is 0 Å². The monoisotopic (exact) mass is 377 g/mol. The fourth-order valence-corrected chi connectivity index (χ4v) is 3.99. The van der Waals surface area contributed by atoms with Crippen LogP contribution in [-0.4, -0.2) is 29.4 Å². The maximum atomic E-state index is 12.6. The number of aromatic nitrogens is 1. The first-order valence-corrected chi connectivity index (χ1v) is 9.74. The molecule has 5 nitrogen and oxygen atoms in total. The van der Waals surface area contributed by atoms with Crippen LogP contribution in [-0.2, 0) is 11.2 Å². The highest BCUT2D eigenvalue weighted by molar-refractivity contribution is 7.09. The minimum Gasteiger partial charge on any atom is -0.339 e. The van der Waals surface area contributed by atoms with Gasteiger partial charge in [-0.15, -0.1) is 11.3 Å². The molecule has 1 aliphatic heterocycles. The van der Waals surface area contributed by atoms with E-state index in [0.29, 0.717) is 25.1 Å². The van der Waals surface area contributed by atoms with Crippen molar-refractivity contribution in [2.75, 3.05) is 11.4 Å². The van der Waals surface area contributed by atoms with Crippen molar-refractivity contribution in [1.82, 2.24) is 10.3 Å². The van der Waals surface area contributed by atoms with Crippen LogP contribution < -0.4 is 10.2 Å². The fourth-order valence-electron chi connectivity index (χ4n) is 3.18. The molecular formula is C21H19N3O2S. The molecule has 0 bridgehead atoms. The fraction of sp³-hybridized carbons (Fsp3) is 0.190. The van der Waals surface area contributed by atoms with Crippen molar-refractivity contribution >= 4 is 28.8 Å². The molecule has 4 rings (SSSR count). The maximum absolute atomic E-state index is 12.6. The molecule has 3 aromatic rings. The molecule has 2 heterocycles. The predicted molar refractivity (Wildman–Crippen MR) is 106 cm³/mol. The first-order valence-electron chi connectivity index (χ1n) is 8.86. The van der Waals surface area contributed by atoms with Crippen LogP contribution in [0.2, 0.25) is 0 Å². The van der Waals surface area contributed by atoms with Gasteiger partial charge in [0.1, 0.15) is 11.7 Å². The molecule has 0 saturated carbocycles. The summed E-state index contributed by atoms with van der Waals surface area (Å²) in [6.45, 7) is 0.601. The number of carbonyl (C=O) groups is 2. The summed E-state index contributed by atoms with van der Waals surface area (Å²) in [7, 11) is 0. The zero-order chi connectivity index (χ0) is 18.6. The Kier molecular flexibility index (Phi) is 4.98. The average Bonchev–Trinajstić information content (AvgIpc) is 3.31. The van der Waals surface area contributed by atoms with Crippen molar-refractivity contribution in [1.29, 1.82) is 0 Å². The zero-order valence-corrected chi connectivity index (χ0v) is 15.5. The lowest BCUT2D eigenvalue weighted by Gasteiger charge is -2.16. The van der Waals surface area contributed by atoms with Gasteiger partial charge in [0.15, 0.2) is 0 Å². The second kappa shape index (κ2) is 7.72. The Morgan fingerprint density at radius 3 is 2.56 bits per heavy atom. The Morgan fingerprint density at radius 2 is 1.81 bits per heavy atom. The molecule has 1 fully saturated rings. The van der Waals surface area contributed by atoms with Gasteiger partial charge in [0.05, 0.1) is 5.01 Å². The van der Waals surface area contributed by atoms with Crippen LogP contribution in [0.1, 0.15) is 27.5 Å². The van der Waals surface area contributed by atoms with E-state index in [0.717, 1.165) is 16.3 Å². The summed E-state index contributed by atoms with van der Waals surface area (Å²) < 4.78 is 0. The summed E-state index contributed by atoms with van der Waals surface area (Å²) in [5.41, 5.74) is 2.39. The van der Waals surface area contributed by atoms with Gasteiger partial charge in [-0.3, -0.25) is 9.59 Å². The van der Waals surface area contributed by atoms with Crippen LogP contribution in [0.15, 0.2) is 66.0 Å². The zero-order valence-electron chi connectivity index (χ0n) is 14.7. The molecule has 6 heteroatoms. The molecule has 1 N–H and O–H groups in total. The number of carbonyl (C=O) groups excluding carboxylic acids is 2. The number of benzene rings is 2. The number of rotatable bonds is 5. The van der Waals surface area contributed by atoms with Gasteiger partial charge in [-0.25, -0.2) is 4.98 Å². The summed E-state index contributed by atoms with van der Waals surface area (Å²) >= 11 is 1.46. The molecule has 1 saturated heterocycles. The average molecular weight is 377 g/mol. The summed E-state index contributed by atoms with van der Waals surface area (Å²) in [5, 5.41) is 5.47. The molecule has 1 atom stereocenters. The van der Waals surface area contributed by atoms with Crippen LogP contribution in [0.3, 0.4) is 0 Å². The summed E-state index contributed by atoms with van der Waals surface area (Å²) in [5.74, 6) is -0.367. The molecule has 27 heavy (non-hydrogen) atoms. The van der Waals surface area contributed by atoms with E-state index in [1.807, 2.05) is 60.7 Å². The molecule has 0 spiro atoms. The molecule has 0 radical (unpaired) electrons. The van der Waals surface area contributed by atoms with Gasteiger partial charge in [0.25, 0.3) is 5.91 Å². The van der Waals surface area contributed by atoms with E-state index in [-0.39, 0.29) is 11.8 Å². The maximum Gasteiger partial charge on any atom is 0.271 e. The number of nitrogens with one attached hydrogen (secondary N) is 1. The van der Waals surface area contributed by atoms with Crippen molar-refractivity contribution in [3.05, 3.63) is 82.3 Å². The third-order valence-corrected chi connectivity index (χ3v) is 5.41. The highest BCUT2D eigenvalue weighted by atomic mass is 32.1. The van der Waals surface area contributed by atoms with E-state index in [4.69, 9.17) is 0 Å². The Hall–Kier alpha value is -2.99. The van der Waals surface area contributed by atoms with Gasteiger partial charge in [0.2, 0.25) is 5.91 Å². The van der Waals surface area contributed by atoms with E-state index in [2.05, 4.69) is 10.3 Å². The molecule has 0 aliphatic carbocycles. The predicted octanol–water partition coefficient (Wildman–Crippen LogP) is 3.27. The van der Waals surface area contributed by atoms with Gasteiger partial charge in [-0.05, 0) is 24.1 Å². The van der Waals surface area contributed by atoms with E-state index in [1.54, 1.807) is 10.3 Å². The first kappa shape index (κ1) is 17.4. The highest BCUT2D eigenvalue weighted by Crippen LogP contribution is 2.21. The minimum absolute atomic E-state index is 0.0747. The number of hydrogen-bond acceptors (Lipinski definition) is 4. The van der Waals surface area contributed by atoms with Gasteiger partial charge < -0.3 is 10.2 Å². The van der Waals surface area contributed by atoms with Crippen molar-refractivity contribution in [2.45, 2.75) is 18.9 Å². The number of amides is 2. The topological polar surface area (TPSA) is 62.3 Å². The quantitative estimate of drug-likeness (QED) is 0.742. The molecule has 1 aromatic heterocycles. The first-order chi connectivity index (χ1) is 13.2. The Morgan fingerprint density at radius 1 is 1.11 bits per heavy atom. The number of hydrogen-bond donors (Lipinski definition) is 1. The lowest BCUT2D eigenvalue weighted by Crippen LogP contribution is -2.41. The van der Waals surface area contributed by atoms with Crippen LogP contribution in [0.25, 0.3) is 0 Å². The molecule has 136 valence electrons. The number of thiazole rings is 1. The van der Waals surface area contributed by atoms with Crippen molar-refractivity contribution in [3.8, 4) is 0 Å². The second-order valence-corrected chi connectivity index (χ2v) is 7.37. The molecule has 2 aromatic carbocycles. The summed E-state index contributed by atoms with van der Waals surface area (Å²) in [6.07, 6.45) is 1.30. The van der Waals surface area contributed by atoms with E-state index in [9.17, 15) is 9.59 Å². The molecular weight excluding hydrogens is 358 g/mol. The largest absolute Gasteiger partial charge is 0.339 e. The van der Waals surface area contributed by atoms with E-state index < -0.39 is 6.04 Å². The molecule has 1 aliphatic rings. The highest BCUT2D eigenvalue weighted by Gasteiger charge is 2.34. The van der Waals surface area contributed by atoms with Crippen LogP contribution >= 0.6 is 11.3 Å². The number of para-hydroxylation sites is 1.